The Morgan fingerprint density at radius 3 is 2.90 bits per heavy atom. The second-order valence-electron chi connectivity index (χ2n) is 9.12. The molecule has 6 aliphatic rings. The zero-order valence-corrected chi connectivity index (χ0v) is 16.2. The zero-order chi connectivity index (χ0) is 20.1. The molecule has 1 aromatic rings. The smallest absolute Gasteiger partial charge is 0.230 e. The molecule has 1 saturated carbocycles. The third-order valence-corrected chi connectivity index (χ3v) is 7.90. The van der Waals surface area contributed by atoms with Gasteiger partial charge in [-0.05, 0) is 24.6 Å². The van der Waals surface area contributed by atoms with Gasteiger partial charge in [-0.15, -0.1) is 0 Å². The molecule has 2 N–H and O–H groups in total. The van der Waals surface area contributed by atoms with E-state index in [2.05, 4.69) is 0 Å². The number of aliphatic hydroxyl groups excluding tert-OH is 1. The summed E-state index contributed by atoms with van der Waals surface area (Å²) >= 11 is 0. The Morgan fingerprint density at radius 1 is 1.24 bits per heavy atom. The number of aromatic hydroxyl groups is 1. The van der Waals surface area contributed by atoms with Crippen molar-refractivity contribution in [1.29, 1.82) is 0 Å². The van der Waals surface area contributed by atoms with Gasteiger partial charge < -0.3 is 19.8 Å². The van der Waals surface area contributed by atoms with Gasteiger partial charge in [-0.1, -0.05) is 23.8 Å². The molecule has 5 aliphatic heterocycles. The number of likely N-dealkylation sites (N-methyl/N-ethyl adjacent to an activating group) is 1. The van der Waals surface area contributed by atoms with E-state index in [1.54, 1.807) is 17.0 Å². The van der Waals surface area contributed by atoms with Gasteiger partial charge in [0, 0.05) is 25.3 Å². The molecule has 1 aliphatic carbocycles. The Balaban J connectivity index is 1.69. The minimum atomic E-state index is -1.03. The quantitative estimate of drug-likeness (QED) is 0.635. The van der Waals surface area contributed by atoms with Crippen molar-refractivity contribution < 1.29 is 24.5 Å². The van der Waals surface area contributed by atoms with Crippen LogP contribution in [0.1, 0.15) is 24.8 Å². The number of phenolic OH excluding ortho intramolecular Hbond substituents is 1. The zero-order valence-electron chi connectivity index (χ0n) is 16.2. The fourth-order valence-corrected chi connectivity index (χ4v) is 6.71. The van der Waals surface area contributed by atoms with Crippen LogP contribution in [0.15, 0.2) is 29.8 Å². The number of aliphatic hydroxyl groups is 1. The molecule has 7 heteroatoms. The first-order valence-electron chi connectivity index (χ1n) is 10.3. The molecule has 6 unspecified atom stereocenters. The number of amides is 1. The van der Waals surface area contributed by atoms with Crippen LogP contribution < -0.4 is 4.90 Å². The summed E-state index contributed by atoms with van der Waals surface area (Å²) in [4.78, 5) is 30.6. The maximum atomic E-state index is 13.8. The maximum absolute atomic E-state index is 13.8. The fourth-order valence-electron chi connectivity index (χ4n) is 6.71. The summed E-state index contributed by atoms with van der Waals surface area (Å²) in [5, 5.41) is 21.8. The summed E-state index contributed by atoms with van der Waals surface area (Å²) in [6, 6.07) is 4.69. The minimum absolute atomic E-state index is 0.0117. The van der Waals surface area contributed by atoms with Crippen LogP contribution in [-0.2, 0) is 19.7 Å². The van der Waals surface area contributed by atoms with Gasteiger partial charge in [0.2, 0.25) is 5.91 Å². The highest BCUT2D eigenvalue weighted by Crippen LogP contribution is 2.62. The summed E-state index contributed by atoms with van der Waals surface area (Å²) < 4.78 is 6.13. The number of piperidine rings is 1. The Bertz CT molecular complexity index is 974. The molecule has 1 aromatic carbocycles. The molecule has 7 rings (SSSR count). The molecule has 5 heterocycles. The van der Waals surface area contributed by atoms with Gasteiger partial charge in [-0.3, -0.25) is 14.5 Å². The lowest BCUT2D eigenvalue weighted by molar-refractivity contribution is -0.142. The minimum Gasteiger partial charge on any atom is -0.506 e. The number of phenols is 1. The van der Waals surface area contributed by atoms with Crippen LogP contribution >= 0.6 is 0 Å². The third kappa shape index (κ3) is 2.03. The van der Waals surface area contributed by atoms with Gasteiger partial charge in [-0.2, -0.15) is 0 Å². The third-order valence-electron chi connectivity index (χ3n) is 7.90. The average molecular weight is 396 g/mol. The van der Waals surface area contributed by atoms with E-state index in [1.807, 2.05) is 24.1 Å². The van der Waals surface area contributed by atoms with Gasteiger partial charge in [0.05, 0.1) is 36.3 Å². The van der Waals surface area contributed by atoms with Crippen molar-refractivity contribution in [1.82, 2.24) is 4.90 Å². The predicted octanol–water partition coefficient (Wildman–Crippen LogP) is 0.933. The normalized spacial score (nSPS) is 40.7. The SMILES string of the molecule is CN1CC2=CCOC3CC(=O)N4c5c(O)cccc5C5(CC1O)C(=O)CC2C3C45. The van der Waals surface area contributed by atoms with Crippen LogP contribution in [0.3, 0.4) is 0 Å². The highest BCUT2D eigenvalue weighted by molar-refractivity contribution is 6.07. The molecule has 0 radical (unpaired) electrons. The molecule has 4 bridgehead atoms. The van der Waals surface area contributed by atoms with Crippen molar-refractivity contribution in [2.24, 2.45) is 11.8 Å². The first-order valence-corrected chi connectivity index (χ1v) is 10.3. The highest BCUT2D eigenvalue weighted by atomic mass is 16.5. The van der Waals surface area contributed by atoms with E-state index < -0.39 is 17.7 Å². The van der Waals surface area contributed by atoms with Crippen LogP contribution in [0.25, 0.3) is 0 Å². The highest BCUT2D eigenvalue weighted by Gasteiger charge is 2.68. The number of ether oxygens (including phenoxy) is 1. The first kappa shape index (κ1) is 17.6. The number of ketones is 1. The van der Waals surface area contributed by atoms with Crippen LogP contribution in [0.4, 0.5) is 5.69 Å². The van der Waals surface area contributed by atoms with Crippen molar-refractivity contribution in [3.8, 4) is 5.75 Å². The monoisotopic (exact) mass is 396 g/mol. The number of hydrogen-bond acceptors (Lipinski definition) is 6. The Morgan fingerprint density at radius 2 is 2.07 bits per heavy atom. The van der Waals surface area contributed by atoms with Crippen molar-refractivity contribution in [3.05, 3.63) is 35.4 Å². The van der Waals surface area contributed by atoms with E-state index in [0.717, 1.165) is 5.57 Å². The molecule has 1 amide bonds. The Kier molecular flexibility index (Phi) is 3.45. The largest absolute Gasteiger partial charge is 0.506 e. The molecule has 29 heavy (non-hydrogen) atoms. The molecule has 3 saturated heterocycles. The van der Waals surface area contributed by atoms with Crippen LogP contribution in [0.5, 0.6) is 5.75 Å². The Labute approximate surface area is 168 Å². The van der Waals surface area contributed by atoms with E-state index in [0.29, 0.717) is 30.8 Å². The lowest BCUT2D eigenvalue weighted by atomic mass is 9.55. The topological polar surface area (TPSA) is 90.3 Å². The molecule has 152 valence electrons. The number of para-hydroxylation sites is 1. The maximum Gasteiger partial charge on any atom is 0.230 e. The number of hydrogen-bond donors (Lipinski definition) is 2. The molecular formula is C22H24N2O5. The summed E-state index contributed by atoms with van der Waals surface area (Å²) in [6.45, 7) is 0.992. The van der Waals surface area contributed by atoms with Gasteiger partial charge in [0.15, 0.2) is 0 Å². The Hall–Kier alpha value is -2.22. The van der Waals surface area contributed by atoms with Gasteiger partial charge in [0.1, 0.15) is 17.8 Å². The average Bonchev–Trinajstić information content (AvgIpc) is 2.91. The molecule has 6 atom stereocenters. The van der Waals surface area contributed by atoms with Gasteiger partial charge in [0.25, 0.3) is 0 Å². The first-order chi connectivity index (χ1) is 13.9. The van der Waals surface area contributed by atoms with Crippen LogP contribution in [0, 0.1) is 11.8 Å². The van der Waals surface area contributed by atoms with E-state index >= 15 is 0 Å². The van der Waals surface area contributed by atoms with Crippen molar-refractivity contribution in [2.75, 3.05) is 25.1 Å². The second-order valence-corrected chi connectivity index (χ2v) is 9.12. The second kappa shape index (κ2) is 5.68. The number of benzene rings is 1. The number of fused-ring (bicyclic) bond motifs is 6. The van der Waals surface area contributed by atoms with Crippen molar-refractivity contribution in [3.63, 3.8) is 0 Å². The standard InChI is InChI=1S/C22H24N2O5/c1-23-10-11-5-6-29-15-8-17(27)24-20-13(3-2-4-14(20)25)22(9-18(23)28)16(26)7-12(11)19(15)21(22)24/h2-5,12,15,18-19,21,25,28H,6-10H2,1H3. The number of Topliss-reactive ketones (excluding diaryl/α,β-unsaturated/α-hetero) is 1. The molecular weight excluding hydrogens is 372 g/mol. The van der Waals surface area contributed by atoms with Gasteiger partial charge >= 0.3 is 0 Å². The van der Waals surface area contributed by atoms with E-state index in [1.165, 1.54) is 0 Å². The predicted molar refractivity (Wildman–Crippen MR) is 103 cm³/mol. The van der Waals surface area contributed by atoms with Gasteiger partial charge in [-0.25, -0.2) is 0 Å². The lowest BCUT2D eigenvalue weighted by Crippen LogP contribution is -2.66. The molecule has 1 spiro atoms. The fraction of sp³-hybridized carbons (Fsp3) is 0.545. The molecule has 0 aromatic heterocycles. The van der Waals surface area contributed by atoms with Crippen molar-refractivity contribution in [2.45, 2.75) is 43.1 Å². The molecule has 4 fully saturated rings. The van der Waals surface area contributed by atoms with Crippen LogP contribution in [-0.4, -0.2) is 65.4 Å². The summed E-state index contributed by atoms with van der Waals surface area (Å²) in [5.74, 6) is -0.121. The lowest BCUT2D eigenvalue weighted by Gasteiger charge is -2.53. The number of carbonyl (C=O) groups excluding carboxylic acids is 2. The number of carbonyl (C=O) groups is 2. The van der Waals surface area contributed by atoms with E-state index in [-0.39, 0.29) is 48.2 Å². The molecule has 7 nitrogen and oxygen atoms in total. The number of anilines is 1. The summed E-state index contributed by atoms with van der Waals surface area (Å²) in [6.07, 6.45) is 1.78. The van der Waals surface area contributed by atoms with Crippen molar-refractivity contribution >= 4 is 17.4 Å². The van der Waals surface area contributed by atoms with Crippen LogP contribution in [0.2, 0.25) is 0 Å². The summed E-state index contributed by atoms with van der Waals surface area (Å²) in [5.41, 5.74) is 1.20. The van der Waals surface area contributed by atoms with E-state index in [9.17, 15) is 19.8 Å². The van der Waals surface area contributed by atoms with E-state index in [4.69, 9.17) is 4.74 Å². The summed E-state index contributed by atoms with van der Waals surface area (Å²) in [7, 11) is 1.87. The number of nitrogens with zero attached hydrogens (tertiary/aromatic N) is 2. The number of rotatable bonds is 0.